The summed E-state index contributed by atoms with van der Waals surface area (Å²) < 4.78 is 18.0. The molecule has 2 rings (SSSR count). The van der Waals surface area contributed by atoms with Crippen molar-refractivity contribution in [3.05, 3.63) is 71.6 Å². The monoisotopic (exact) mass is 355 g/mol. The Bertz CT molecular complexity index is 752. The standard InChI is InChI=1S/C21H22FNO3/c1-2-3-4-15-26-21(25)17-8-12-19(13-9-17)23-20(24)14-7-16-5-10-18(22)11-6-16/h5-14H,2-4,15H2,1H3,(H,23,24). The van der Waals surface area contributed by atoms with Gasteiger partial charge in [0.15, 0.2) is 0 Å². The van der Waals surface area contributed by atoms with E-state index in [1.165, 1.54) is 18.2 Å². The van der Waals surface area contributed by atoms with Gasteiger partial charge in [-0.05, 0) is 54.5 Å². The van der Waals surface area contributed by atoms with Gasteiger partial charge in [0.1, 0.15) is 5.82 Å². The van der Waals surface area contributed by atoms with Crippen LogP contribution in [0.25, 0.3) is 6.08 Å². The zero-order chi connectivity index (χ0) is 18.8. The second-order valence-electron chi connectivity index (χ2n) is 5.79. The van der Waals surface area contributed by atoms with Crippen molar-refractivity contribution >= 4 is 23.6 Å². The number of carbonyl (C=O) groups is 2. The van der Waals surface area contributed by atoms with E-state index in [0.29, 0.717) is 17.9 Å². The molecule has 26 heavy (non-hydrogen) atoms. The number of amides is 1. The number of anilines is 1. The molecule has 0 saturated heterocycles. The fourth-order valence-electron chi connectivity index (χ4n) is 2.22. The lowest BCUT2D eigenvalue weighted by atomic mass is 10.2. The topological polar surface area (TPSA) is 55.4 Å². The van der Waals surface area contributed by atoms with Crippen LogP contribution in [0.4, 0.5) is 10.1 Å². The number of esters is 1. The fourth-order valence-corrected chi connectivity index (χ4v) is 2.22. The van der Waals surface area contributed by atoms with Crippen LogP contribution in [-0.4, -0.2) is 18.5 Å². The van der Waals surface area contributed by atoms with Crippen LogP contribution in [-0.2, 0) is 9.53 Å². The maximum Gasteiger partial charge on any atom is 0.338 e. The molecule has 0 radical (unpaired) electrons. The van der Waals surface area contributed by atoms with Crippen molar-refractivity contribution in [3.63, 3.8) is 0 Å². The van der Waals surface area contributed by atoms with Crippen molar-refractivity contribution in [1.82, 2.24) is 0 Å². The van der Waals surface area contributed by atoms with Gasteiger partial charge in [0.05, 0.1) is 12.2 Å². The van der Waals surface area contributed by atoms with Gasteiger partial charge in [-0.25, -0.2) is 9.18 Å². The van der Waals surface area contributed by atoms with E-state index in [1.54, 1.807) is 42.5 Å². The van der Waals surface area contributed by atoms with Gasteiger partial charge < -0.3 is 10.1 Å². The van der Waals surface area contributed by atoms with Gasteiger partial charge in [0.25, 0.3) is 0 Å². The van der Waals surface area contributed by atoms with Crippen molar-refractivity contribution in [2.75, 3.05) is 11.9 Å². The van der Waals surface area contributed by atoms with Crippen molar-refractivity contribution in [1.29, 1.82) is 0 Å². The van der Waals surface area contributed by atoms with Gasteiger partial charge in [-0.1, -0.05) is 31.9 Å². The SMILES string of the molecule is CCCCCOC(=O)c1ccc(NC(=O)C=Cc2ccc(F)cc2)cc1. The van der Waals surface area contributed by atoms with E-state index in [1.807, 2.05) is 0 Å². The zero-order valence-corrected chi connectivity index (χ0v) is 14.7. The second kappa shape index (κ2) is 10.1. The van der Waals surface area contributed by atoms with Crippen LogP contribution in [0.3, 0.4) is 0 Å². The number of carbonyl (C=O) groups excluding carboxylic acids is 2. The predicted molar refractivity (Wildman–Crippen MR) is 100 cm³/mol. The fraction of sp³-hybridized carbons (Fsp3) is 0.238. The van der Waals surface area contributed by atoms with Crippen LogP contribution in [0.5, 0.6) is 0 Å². The number of halogens is 1. The van der Waals surface area contributed by atoms with Crippen LogP contribution >= 0.6 is 0 Å². The Morgan fingerprint density at radius 3 is 2.38 bits per heavy atom. The average molecular weight is 355 g/mol. The summed E-state index contributed by atoms with van der Waals surface area (Å²) in [5.41, 5.74) is 1.74. The highest BCUT2D eigenvalue weighted by molar-refractivity contribution is 6.02. The van der Waals surface area contributed by atoms with E-state index in [0.717, 1.165) is 24.8 Å². The molecule has 2 aromatic carbocycles. The predicted octanol–water partition coefficient (Wildman–Crippen LogP) is 4.82. The first kappa shape index (κ1) is 19.4. The molecule has 0 aromatic heterocycles. The molecular weight excluding hydrogens is 333 g/mol. The minimum Gasteiger partial charge on any atom is -0.462 e. The molecule has 0 spiro atoms. The van der Waals surface area contributed by atoms with E-state index in [9.17, 15) is 14.0 Å². The van der Waals surface area contributed by atoms with E-state index >= 15 is 0 Å². The van der Waals surface area contributed by atoms with Gasteiger partial charge >= 0.3 is 5.97 Å². The van der Waals surface area contributed by atoms with Crippen LogP contribution in [0.1, 0.15) is 42.1 Å². The third kappa shape index (κ3) is 6.51. The van der Waals surface area contributed by atoms with Gasteiger partial charge in [-0.3, -0.25) is 4.79 Å². The summed E-state index contributed by atoms with van der Waals surface area (Å²) in [6.07, 6.45) is 5.92. The summed E-state index contributed by atoms with van der Waals surface area (Å²) in [6.45, 7) is 2.50. The molecule has 0 fully saturated rings. The molecule has 0 bridgehead atoms. The summed E-state index contributed by atoms with van der Waals surface area (Å²) in [6, 6.07) is 12.3. The Hall–Kier alpha value is -2.95. The van der Waals surface area contributed by atoms with Crippen molar-refractivity contribution in [2.45, 2.75) is 26.2 Å². The van der Waals surface area contributed by atoms with E-state index in [2.05, 4.69) is 12.2 Å². The van der Waals surface area contributed by atoms with Gasteiger partial charge in [0.2, 0.25) is 5.91 Å². The number of nitrogens with one attached hydrogen (secondary N) is 1. The Morgan fingerprint density at radius 1 is 1.04 bits per heavy atom. The number of benzene rings is 2. The second-order valence-corrected chi connectivity index (χ2v) is 5.79. The molecule has 0 aliphatic rings. The first-order chi connectivity index (χ1) is 12.6. The van der Waals surface area contributed by atoms with Crippen molar-refractivity contribution in [2.24, 2.45) is 0 Å². The molecule has 0 aliphatic carbocycles. The molecule has 2 aromatic rings. The van der Waals surface area contributed by atoms with E-state index in [4.69, 9.17) is 4.74 Å². The molecule has 0 aliphatic heterocycles. The number of hydrogen-bond donors (Lipinski definition) is 1. The maximum absolute atomic E-state index is 12.8. The van der Waals surface area contributed by atoms with Gasteiger partial charge in [-0.2, -0.15) is 0 Å². The molecule has 4 nitrogen and oxygen atoms in total. The lowest BCUT2D eigenvalue weighted by Gasteiger charge is -2.06. The molecule has 0 atom stereocenters. The highest BCUT2D eigenvalue weighted by atomic mass is 19.1. The summed E-state index contributed by atoms with van der Waals surface area (Å²) in [5.74, 6) is -1.00. The van der Waals surface area contributed by atoms with E-state index in [-0.39, 0.29) is 17.7 Å². The molecular formula is C21H22FNO3. The summed E-state index contributed by atoms with van der Waals surface area (Å²) in [4.78, 5) is 23.8. The molecule has 0 unspecified atom stereocenters. The van der Waals surface area contributed by atoms with Crippen molar-refractivity contribution < 1.29 is 18.7 Å². The molecule has 1 amide bonds. The van der Waals surface area contributed by atoms with Gasteiger partial charge in [0, 0.05) is 11.8 Å². The summed E-state index contributed by atoms with van der Waals surface area (Å²) in [5, 5.41) is 2.70. The minimum atomic E-state index is -0.366. The Balaban J connectivity index is 1.85. The van der Waals surface area contributed by atoms with Crippen LogP contribution in [0.15, 0.2) is 54.6 Å². The summed E-state index contributed by atoms with van der Waals surface area (Å²) in [7, 11) is 0. The largest absolute Gasteiger partial charge is 0.462 e. The average Bonchev–Trinajstić information content (AvgIpc) is 2.65. The minimum absolute atomic E-state index is 0.316. The van der Waals surface area contributed by atoms with Gasteiger partial charge in [-0.15, -0.1) is 0 Å². The zero-order valence-electron chi connectivity index (χ0n) is 14.7. The van der Waals surface area contributed by atoms with Crippen molar-refractivity contribution in [3.8, 4) is 0 Å². The number of unbranched alkanes of at least 4 members (excludes halogenated alkanes) is 2. The lowest BCUT2D eigenvalue weighted by molar-refractivity contribution is -0.111. The first-order valence-electron chi connectivity index (χ1n) is 8.60. The van der Waals surface area contributed by atoms with E-state index < -0.39 is 0 Å². The summed E-state index contributed by atoms with van der Waals surface area (Å²) >= 11 is 0. The Kier molecular flexibility index (Phi) is 7.55. The molecule has 1 N–H and O–H groups in total. The Morgan fingerprint density at radius 2 is 1.73 bits per heavy atom. The molecule has 5 heteroatoms. The number of ether oxygens (including phenoxy) is 1. The molecule has 0 saturated carbocycles. The first-order valence-corrected chi connectivity index (χ1v) is 8.60. The molecule has 0 heterocycles. The molecule has 136 valence electrons. The van der Waals surface area contributed by atoms with Crippen LogP contribution < -0.4 is 5.32 Å². The third-order valence-electron chi connectivity index (χ3n) is 3.67. The third-order valence-corrected chi connectivity index (χ3v) is 3.67. The van der Waals surface area contributed by atoms with Crippen LogP contribution in [0.2, 0.25) is 0 Å². The smallest absolute Gasteiger partial charge is 0.338 e. The quantitative estimate of drug-likeness (QED) is 0.419. The lowest BCUT2D eigenvalue weighted by Crippen LogP contribution is -2.09. The number of rotatable bonds is 8. The Labute approximate surface area is 152 Å². The highest BCUT2D eigenvalue weighted by Crippen LogP contribution is 2.12. The number of hydrogen-bond acceptors (Lipinski definition) is 3. The normalized spacial score (nSPS) is 10.7. The highest BCUT2D eigenvalue weighted by Gasteiger charge is 2.07. The van der Waals surface area contributed by atoms with Crippen LogP contribution in [0, 0.1) is 5.82 Å². The maximum atomic E-state index is 12.8.